The molecule has 0 fully saturated rings. The molecular formula is C12H16N2O. The molecule has 15 heavy (non-hydrogen) atoms. The minimum atomic E-state index is -0.394. The first-order valence-electron chi connectivity index (χ1n) is 4.85. The third kappa shape index (κ3) is 3.26. The molecule has 0 atom stereocenters. The van der Waals surface area contributed by atoms with Gasteiger partial charge >= 0.3 is 0 Å². The van der Waals surface area contributed by atoms with E-state index < -0.39 is 5.54 Å². The van der Waals surface area contributed by atoms with E-state index in [1.807, 2.05) is 32.9 Å². The first-order valence-corrected chi connectivity index (χ1v) is 4.85. The second-order valence-corrected chi connectivity index (χ2v) is 4.34. The Balaban J connectivity index is 2.90. The number of hydrogen-bond acceptors (Lipinski definition) is 3. The molecule has 0 amide bonds. The first kappa shape index (κ1) is 11.5. The highest BCUT2D eigenvalue weighted by Gasteiger charge is 2.14. The number of rotatable bonds is 3. The van der Waals surface area contributed by atoms with Gasteiger partial charge in [-0.1, -0.05) is 12.1 Å². The van der Waals surface area contributed by atoms with Crippen LogP contribution in [0.15, 0.2) is 18.2 Å². The summed E-state index contributed by atoms with van der Waals surface area (Å²) in [6.45, 7) is 6.08. The quantitative estimate of drug-likeness (QED) is 0.819. The molecule has 0 spiro atoms. The van der Waals surface area contributed by atoms with Crippen molar-refractivity contribution >= 4 is 0 Å². The fourth-order valence-electron chi connectivity index (χ4n) is 1.19. The van der Waals surface area contributed by atoms with Crippen molar-refractivity contribution in [1.82, 2.24) is 0 Å². The molecule has 0 aliphatic rings. The first-order chi connectivity index (χ1) is 6.94. The van der Waals surface area contributed by atoms with Crippen molar-refractivity contribution in [3.8, 4) is 11.8 Å². The summed E-state index contributed by atoms with van der Waals surface area (Å²) >= 11 is 0. The Morgan fingerprint density at radius 3 is 2.67 bits per heavy atom. The molecule has 0 aliphatic carbocycles. The molecule has 3 nitrogen and oxygen atoms in total. The van der Waals surface area contributed by atoms with E-state index in [-0.39, 0.29) is 0 Å². The Kier molecular flexibility index (Phi) is 3.33. The predicted molar refractivity (Wildman–Crippen MR) is 59.7 cm³/mol. The van der Waals surface area contributed by atoms with Crippen molar-refractivity contribution in [3.05, 3.63) is 29.3 Å². The van der Waals surface area contributed by atoms with Gasteiger partial charge in [0.2, 0.25) is 0 Å². The summed E-state index contributed by atoms with van der Waals surface area (Å²) in [4.78, 5) is 0. The number of nitrogens with two attached hydrogens (primary N) is 1. The lowest BCUT2D eigenvalue weighted by atomic mass is 10.1. The maximum absolute atomic E-state index is 8.91. The van der Waals surface area contributed by atoms with Gasteiger partial charge in [0.25, 0.3) is 0 Å². The van der Waals surface area contributed by atoms with Gasteiger partial charge in [-0.3, -0.25) is 0 Å². The highest BCUT2D eigenvalue weighted by atomic mass is 16.5. The van der Waals surface area contributed by atoms with Crippen LogP contribution in [-0.4, -0.2) is 12.1 Å². The number of nitriles is 1. The molecule has 0 saturated heterocycles. The largest absolute Gasteiger partial charge is 0.490 e. The normalized spacial score (nSPS) is 10.9. The van der Waals surface area contributed by atoms with Crippen LogP contribution in [0, 0.1) is 18.3 Å². The van der Waals surface area contributed by atoms with E-state index in [1.54, 1.807) is 6.07 Å². The minimum absolute atomic E-state index is 0.394. The van der Waals surface area contributed by atoms with E-state index in [1.165, 1.54) is 0 Å². The van der Waals surface area contributed by atoms with Crippen molar-refractivity contribution in [3.63, 3.8) is 0 Å². The Labute approximate surface area is 90.5 Å². The van der Waals surface area contributed by atoms with Crippen LogP contribution in [0.1, 0.15) is 25.0 Å². The molecule has 3 heteroatoms. The molecule has 1 rings (SSSR count). The number of nitrogens with zero attached hydrogens (tertiary/aromatic N) is 1. The van der Waals surface area contributed by atoms with Crippen LogP contribution in [0.2, 0.25) is 0 Å². The minimum Gasteiger partial charge on any atom is -0.490 e. The third-order valence-corrected chi connectivity index (χ3v) is 1.92. The summed E-state index contributed by atoms with van der Waals surface area (Å²) in [6, 6.07) is 7.61. The second kappa shape index (κ2) is 4.33. The Hall–Kier alpha value is -1.53. The number of aryl methyl sites for hydroxylation is 1. The van der Waals surface area contributed by atoms with Crippen LogP contribution in [0.3, 0.4) is 0 Å². The van der Waals surface area contributed by atoms with Crippen LogP contribution in [0.5, 0.6) is 5.75 Å². The Morgan fingerprint density at radius 1 is 1.47 bits per heavy atom. The third-order valence-electron chi connectivity index (χ3n) is 1.92. The number of benzene rings is 1. The van der Waals surface area contributed by atoms with E-state index in [0.29, 0.717) is 17.9 Å². The molecule has 0 heterocycles. The summed E-state index contributed by atoms with van der Waals surface area (Å²) in [5.41, 5.74) is 6.93. The lowest BCUT2D eigenvalue weighted by molar-refractivity contribution is 0.241. The van der Waals surface area contributed by atoms with Gasteiger partial charge in [0.05, 0.1) is 5.56 Å². The predicted octanol–water partition coefficient (Wildman–Crippen LogP) is 1.98. The molecule has 0 aromatic heterocycles. The fourth-order valence-corrected chi connectivity index (χ4v) is 1.19. The summed E-state index contributed by atoms with van der Waals surface area (Å²) in [5.74, 6) is 0.638. The van der Waals surface area contributed by atoms with Gasteiger partial charge in [0.15, 0.2) is 0 Å². The molecule has 0 aliphatic heterocycles. The molecule has 1 aromatic rings. The van der Waals surface area contributed by atoms with Crippen LogP contribution in [-0.2, 0) is 0 Å². The topological polar surface area (TPSA) is 59.0 Å². The van der Waals surface area contributed by atoms with Crippen LogP contribution in [0.4, 0.5) is 0 Å². The number of ether oxygens (including phenoxy) is 1. The van der Waals surface area contributed by atoms with Gasteiger partial charge in [-0.25, -0.2) is 0 Å². The fraction of sp³-hybridized carbons (Fsp3) is 0.417. The average molecular weight is 204 g/mol. The van der Waals surface area contributed by atoms with Crippen LogP contribution < -0.4 is 10.5 Å². The molecule has 80 valence electrons. The Morgan fingerprint density at radius 2 is 2.13 bits per heavy atom. The zero-order valence-electron chi connectivity index (χ0n) is 9.37. The SMILES string of the molecule is Cc1cccc(C#N)c1OCC(C)(C)N. The van der Waals surface area contributed by atoms with Gasteiger partial charge < -0.3 is 10.5 Å². The molecule has 0 saturated carbocycles. The van der Waals surface area contributed by atoms with Crippen LogP contribution >= 0.6 is 0 Å². The van der Waals surface area contributed by atoms with Gasteiger partial charge in [0, 0.05) is 5.54 Å². The van der Waals surface area contributed by atoms with Gasteiger partial charge in [-0.05, 0) is 32.4 Å². The highest BCUT2D eigenvalue weighted by Crippen LogP contribution is 2.23. The summed E-state index contributed by atoms with van der Waals surface area (Å²) in [6.07, 6.45) is 0. The molecule has 0 bridgehead atoms. The average Bonchev–Trinajstić information content (AvgIpc) is 2.14. The van der Waals surface area contributed by atoms with E-state index in [0.717, 1.165) is 5.56 Å². The summed E-state index contributed by atoms with van der Waals surface area (Å²) in [7, 11) is 0. The maximum Gasteiger partial charge on any atom is 0.140 e. The summed E-state index contributed by atoms with van der Waals surface area (Å²) in [5, 5.41) is 8.91. The van der Waals surface area contributed by atoms with E-state index >= 15 is 0 Å². The lowest BCUT2D eigenvalue weighted by Gasteiger charge is -2.20. The van der Waals surface area contributed by atoms with Gasteiger partial charge in [0.1, 0.15) is 18.4 Å². The van der Waals surface area contributed by atoms with Crippen molar-refractivity contribution in [1.29, 1.82) is 5.26 Å². The van der Waals surface area contributed by atoms with Gasteiger partial charge in [-0.2, -0.15) is 5.26 Å². The van der Waals surface area contributed by atoms with E-state index in [2.05, 4.69) is 6.07 Å². The van der Waals surface area contributed by atoms with Crippen molar-refractivity contribution < 1.29 is 4.74 Å². The van der Waals surface area contributed by atoms with Crippen LogP contribution in [0.25, 0.3) is 0 Å². The van der Waals surface area contributed by atoms with Crippen molar-refractivity contribution in [2.75, 3.05) is 6.61 Å². The summed E-state index contributed by atoms with van der Waals surface area (Å²) < 4.78 is 5.58. The van der Waals surface area contributed by atoms with Gasteiger partial charge in [-0.15, -0.1) is 0 Å². The number of para-hydroxylation sites is 1. The monoisotopic (exact) mass is 204 g/mol. The molecular weight excluding hydrogens is 188 g/mol. The zero-order chi connectivity index (χ0) is 11.5. The van der Waals surface area contributed by atoms with E-state index in [9.17, 15) is 0 Å². The maximum atomic E-state index is 8.91. The highest BCUT2D eigenvalue weighted by molar-refractivity contribution is 5.47. The molecule has 0 unspecified atom stereocenters. The smallest absolute Gasteiger partial charge is 0.140 e. The zero-order valence-corrected chi connectivity index (χ0v) is 9.37. The van der Waals surface area contributed by atoms with E-state index in [4.69, 9.17) is 15.7 Å². The lowest BCUT2D eigenvalue weighted by Crippen LogP contribution is -2.38. The van der Waals surface area contributed by atoms with Crippen molar-refractivity contribution in [2.24, 2.45) is 5.73 Å². The molecule has 0 radical (unpaired) electrons. The molecule has 2 N–H and O–H groups in total. The standard InChI is InChI=1S/C12H16N2O/c1-9-5-4-6-10(7-13)11(9)15-8-12(2,3)14/h4-6H,8,14H2,1-3H3. The Bertz CT molecular complexity index is 386. The molecule has 1 aromatic carbocycles. The van der Waals surface area contributed by atoms with Crippen molar-refractivity contribution in [2.45, 2.75) is 26.3 Å². The number of hydrogen-bond donors (Lipinski definition) is 1. The second-order valence-electron chi connectivity index (χ2n) is 4.34.